The molecule has 1 amide bonds. The number of rotatable bonds is 12. The fraction of sp³-hybridized carbons (Fsp3) is 0.273. The van der Waals surface area contributed by atoms with Crippen molar-refractivity contribution in [3.05, 3.63) is 94.6 Å². The summed E-state index contributed by atoms with van der Waals surface area (Å²) in [4.78, 5) is 28.6. The summed E-state index contributed by atoms with van der Waals surface area (Å²) in [5, 5.41) is 20.3. The average Bonchev–Trinajstić information content (AvgIpc) is 3.62. The van der Waals surface area contributed by atoms with Crippen LogP contribution in [0.2, 0.25) is 0 Å². The second-order valence-electron chi connectivity index (χ2n) is 10.1. The molecule has 1 aromatic heterocycles. The van der Waals surface area contributed by atoms with Gasteiger partial charge >= 0.3 is 5.91 Å². The molecule has 0 spiro atoms. The standard InChI is InChI=1S/C33H33N3O6S2/c1-5-6-17-42-25-16-13-23(18-26(25)41-4)28-27(29(37)22-11-14-24(40-3)15-12-22)30(38)31(39)36(28)32-34-35-33(44-32)43-19-21-9-7-20(2)8-10-21/h7-16,18,28,37H,5-6,17,19H2,1-4H3/b29-27-. The lowest BCUT2D eigenvalue weighted by Gasteiger charge is -2.23. The Balaban J connectivity index is 1.55. The number of aliphatic hydroxyl groups is 1. The monoisotopic (exact) mass is 631 g/mol. The van der Waals surface area contributed by atoms with Crippen molar-refractivity contribution in [2.75, 3.05) is 25.7 Å². The third kappa shape index (κ3) is 6.58. The predicted molar refractivity (Wildman–Crippen MR) is 172 cm³/mol. The van der Waals surface area contributed by atoms with Crippen LogP contribution >= 0.6 is 23.1 Å². The van der Waals surface area contributed by atoms with Crippen molar-refractivity contribution in [2.45, 2.75) is 42.8 Å². The van der Waals surface area contributed by atoms with Crippen molar-refractivity contribution < 1.29 is 28.9 Å². The first-order chi connectivity index (χ1) is 21.3. The van der Waals surface area contributed by atoms with Gasteiger partial charge in [0.2, 0.25) is 5.13 Å². The van der Waals surface area contributed by atoms with Crippen molar-refractivity contribution in [3.8, 4) is 17.2 Å². The summed E-state index contributed by atoms with van der Waals surface area (Å²) < 4.78 is 17.4. The maximum atomic E-state index is 13.6. The second-order valence-corrected chi connectivity index (χ2v) is 12.3. The van der Waals surface area contributed by atoms with Crippen LogP contribution in [0.1, 0.15) is 48.1 Å². The van der Waals surface area contributed by atoms with Gasteiger partial charge in [0.05, 0.1) is 32.4 Å². The fourth-order valence-electron chi connectivity index (χ4n) is 4.74. The lowest BCUT2D eigenvalue weighted by molar-refractivity contribution is -0.132. The number of hydrogen-bond acceptors (Lipinski definition) is 10. The van der Waals surface area contributed by atoms with Crippen LogP contribution in [0.5, 0.6) is 17.2 Å². The quantitative estimate of drug-likeness (QED) is 0.0443. The molecular weight excluding hydrogens is 599 g/mol. The van der Waals surface area contributed by atoms with Crippen LogP contribution in [0.3, 0.4) is 0 Å². The normalized spacial score (nSPS) is 15.9. The number of aromatic nitrogens is 2. The molecule has 2 heterocycles. The molecule has 1 N–H and O–H groups in total. The summed E-state index contributed by atoms with van der Waals surface area (Å²) in [7, 11) is 3.07. The zero-order valence-corrected chi connectivity index (χ0v) is 26.5. The number of amides is 1. The third-order valence-corrected chi connectivity index (χ3v) is 9.28. The lowest BCUT2D eigenvalue weighted by Crippen LogP contribution is -2.29. The molecule has 9 nitrogen and oxygen atoms in total. The number of thioether (sulfide) groups is 1. The number of nitrogens with zero attached hydrogens (tertiary/aromatic N) is 3. The number of methoxy groups -OCH3 is 2. The number of hydrogen-bond donors (Lipinski definition) is 1. The topological polar surface area (TPSA) is 111 Å². The van der Waals surface area contributed by atoms with Crippen LogP contribution < -0.4 is 19.1 Å². The van der Waals surface area contributed by atoms with E-state index >= 15 is 0 Å². The van der Waals surface area contributed by atoms with Gasteiger partial charge in [-0.05, 0) is 60.9 Å². The number of ketones is 1. The van der Waals surface area contributed by atoms with E-state index in [2.05, 4.69) is 41.4 Å². The summed E-state index contributed by atoms with van der Waals surface area (Å²) >= 11 is 2.71. The largest absolute Gasteiger partial charge is 0.507 e. The van der Waals surface area contributed by atoms with Crippen LogP contribution in [0.4, 0.5) is 5.13 Å². The summed E-state index contributed by atoms with van der Waals surface area (Å²) in [5.41, 5.74) is 3.16. The number of Topliss-reactive ketones (excluding diaryl/α,β-unsaturated/α-hetero) is 1. The Kier molecular flexibility index (Phi) is 9.86. The third-order valence-electron chi connectivity index (χ3n) is 7.15. The molecule has 0 aliphatic carbocycles. The van der Waals surface area contributed by atoms with E-state index in [1.807, 2.05) is 6.92 Å². The van der Waals surface area contributed by atoms with E-state index < -0.39 is 17.7 Å². The molecule has 4 aromatic rings. The van der Waals surface area contributed by atoms with Crippen LogP contribution in [0.15, 0.2) is 76.6 Å². The van der Waals surface area contributed by atoms with E-state index in [0.717, 1.165) is 18.4 Å². The minimum atomic E-state index is -0.987. The van der Waals surface area contributed by atoms with Gasteiger partial charge in [-0.15, -0.1) is 10.2 Å². The molecule has 1 aliphatic heterocycles. The van der Waals surface area contributed by atoms with Gasteiger partial charge in [-0.2, -0.15) is 0 Å². The Morgan fingerprint density at radius 3 is 2.41 bits per heavy atom. The van der Waals surface area contributed by atoms with Gasteiger partial charge in [0, 0.05) is 11.3 Å². The Labute approximate surface area is 264 Å². The molecule has 5 rings (SSSR count). The molecular formula is C33H33N3O6S2. The van der Waals surface area contributed by atoms with E-state index in [9.17, 15) is 14.7 Å². The van der Waals surface area contributed by atoms with Crippen molar-refractivity contribution in [2.24, 2.45) is 0 Å². The van der Waals surface area contributed by atoms with Gasteiger partial charge in [-0.1, -0.05) is 72.3 Å². The number of ether oxygens (including phenoxy) is 3. The van der Waals surface area contributed by atoms with Gasteiger partial charge in [-0.3, -0.25) is 14.5 Å². The first-order valence-corrected chi connectivity index (χ1v) is 15.9. The van der Waals surface area contributed by atoms with Crippen LogP contribution in [0.25, 0.3) is 5.76 Å². The highest BCUT2D eigenvalue weighted by molar-refractivity contribution is 8.00. The summed E-state index contributed by atoms with van der Waals surface area (Å²) in [6, 6.07) is 19.1. The van der Waals surface area contributed by atoms with Gasteiger partial charge in [-0.25, -0.2) is 0 Å². The number of carbonyl (C=O) groups is 2. The van der Waals surface area contributed by atoms with E-state index in [4.69, 9.17) is 14.2 Å². The first-order valence-electron chi connectivity index (χ1n) is 14.1. The second kappa shape index (κ2) is 14.0. The van der Waals surface area contributed by atoms with Crippen LogP contribution in [-0.2, 0) is 15.3 Å². The number of carbonyl (C=O) groups excluding carboxylic acids is 2. The smallest absolute Gasteiger partial charge is 0.301 e. The Bertz CT molecular complexity index is 1670. The average molecular weight is 632 g/mol. The van der Waals surface area contributed by atoms with E-state index in [1.54, 1.807) is 49.6 Å². The minimum absolute atomic E-state index is 0.0640. The summed E-state index contributed by atoms with van der Waals surface area (Å²) in [6.07, 6.45) is 1.86. The summed E-state index contributed by atoms with van der Waals surface area (Å²) in [5.74, 6) is 0.312. The van der Waals surface area contributed by atoms with E-state index in [-0.39, 0.29) is 16.5 Å². The molecule has 228 valence electrons. The highest BCUT2D eigenvalue weighted by Gasteiger charge is 2.48. The number of benzene rings is 3. The van der Waals surface area contributed by atoms with Gasteiger partial charge in [0.25, 0.3) is 5.78 Å². The molecule has 1 aliphatic rings. The number of unbranched alkanes of at least 4 members (excludes halogenated alkanes) is 1. The Morgan fingerprint density at radius 2 is 1.73 bits per heavy atom. The molecule has 1 saturated heterocycles. The highest BCUT2D eigenvalue weighted by atomic mass is 32.2. The first kappa shape index (κ1) is 31.1. The van der Waals surface area contributed by atoms with E-state index in [1.165, 1.54) is 40.7 Å². The van der Waals surface area contributed by atoms with Crippen molar-refractivity contribution in [1.82, 2.24) is 10.2 Å². The van der Waals surface area contributed by atoms with Gasteiger partial charge in [0.15, 0.2) is 15.8 Å². The molecule has 1 fully saturated rings. The molecule has 44 heavy (non-hydrogen) atoms. The number of anilines is 1. The maximum Gasteiger partial charge on any atom is 0.301 e. The number of aryl methyl sites for hydroxylation is 1. The van der Waals surface area contributed by atoms with Crippen LogP contribution in [0, 0.1) is 6.92 Å². The zero-order chi connectivity index (χ0) is 31.2. The molecule has 1 unspecified atom stereocenters. The molecule has 0 saturated carbocycles. The van der Waals surface area contributed by atoms with Crippen LogP contribution in [-0.4, -0.2) is 47.8 Å². The molecule has 0 radical (unpaired) electrons. The molecule has 11 heteroatoms. The Morgan fingerprint density at radius 1 is 0.977 bits per heavy atom. The molecule has 1 atom stereocenters. The zero-order valence-electron chi connectivity index (χ0n) is 24.9. The minimum Gasteiger partial charge on any atom is -0.507 e. The molecule has 3 aromatic carbocycles. The highest BCUT2D eigenvalue weighted by Crippen LogP contribution is 2.45. The van der Waals surface area contributed by atoms with Gasteiger partial charge < -0.3 is 19.3 Å². The molecule has 0 bridgehead atoms. The predicted octanol–water partition coefficient (Wildman–Crippen LogP) is 6.96. The SMILES string of the molecule is CCCCOc1ccc(C2/C(=C(/O)c3ccc(OC)cc3)C(=O)C(=O)N2c2nnc(SCc3ccc(C)cc3)s2)cc1OC. The van der Waals surface area contributed by atoms with E-state index in [0.29, 0.717) is 45.1 Å². The van der Waals surface area contributed by atoms with Crippen molar-refractivity contribution in [3.63, 3.8) is 0 Å². The Hall–Kier alpha value is -4.35. The van der Waals surface area contributed by atoms with Gasteiger partial charge in [0.1, 0.15) is 11.5 Å². The summed E-state index contributed by atoms with van der Waals surface area (Å²) in [6.45, 7) is 4.64. The van der Waals surface area contributed by atoms with Crippen molar-refractivity contribution in [1.29, 1.82) is 0 Å². The lowest BCUT2D eigenvalue weighted by atomic mass is 9.95. The number of aliphatic hydroxyl groups excluding tert-OH is 1. The fourth-order valence-corrected chi connectivity index (χ4v) is 6.56. The van der Waals surface area contributed by atoms with Crippen molar-refractivity contribution >= 4 is 45.7 Å². The maximum absolute atomic E-state index is 13.6.